The maximum Gasteiger partial charge on any atom is 0.243 e. The lowest BCUT2D eigenvalue weighted by Crippen LogP contribution is -2.32. The van der Waals surface area contributed by atoms with E-state index in [9.17, 15) is 0 Å². The third-order valence-corrected chi connectivity index (χ3v) is 3.30. The molecule has 1 saturated heterocycles. The second-order valence-corrected chi connectivity index (χ2v) is 4.99. The first-order chi connectivity index (χ1) is 8.70. The van der Waals surface area contributed by atoms with Crippen molar-refractivity contribution in [1.29, 1.82) is 0 Å². The van der Waals surface area contributed by atoms with Crippen LogP contribution in [0.4, 0.5) is 5.95 Å². The third kappa shape index (κ3) is 2.31. The van der Waals surface area contributed by atoms with Crippen molar-refractivity contribution in [3.8, 4) is 0 Å². The standard InChI is InChI=1S/C13H18N4O/c1-9-3-4-12-15-13(16-17(12)8-9)14-11-5-6-18-10(2)7-11/h3-4,8,10-11H,5-7H2,1-2H3,(H,14,16). The molecule has 2 atom stereocenters. The van der Waals surface area contributed by atoms with Gasteiger partial charge in [-0.25, -0.2) is 4.52 Å². The van der Waals surface area contributed by atoms with Crippen molar-refractivity contribution in [2.75, 3.05) is 11.9 Å². The van der Waals surface area contributed by atoms with E-state index in [-0.39, 0.29) is 0 Å². The van der Waals surface area contributed by atoms with Gasteiger partial charge in [-0.1, -0.05) is 6.07 Å². The summed E-state index contributed by atoms with van der Waals surface area (Å²) in [4.78, 5) is 4.47. The molecule has 1 N–H and O–H groups in total. The van der Waals surface area contributed by atoms with Crippen molar-refractivity contribution in [3.63, 3.8) is 0 Å². The van der Waals surface area contributed by atoms with Crippen molar-refractivity contribution >= 4 is 11.6 Å². The molecular weight excluding hydrogens is 228 g/mol. The van der Waals surface area contributed by atoms with E-state index in [0.717, 1.165) is 25.1 Å². The molecule has 0 aliphatic carbocycles. The minimum absolute atomic E-state index is 0.315. The number of fused-ring (bicyclic) bond motifs is 1. The quantitative estimate of drug-likeness (QED) is 0.880. The summed E-state index contributed by atoms with van der Waals surface area (Å²) in [6.45, 7) is 4.97. The summed E-state index contributed by atoms with van der Waals surface area (Å²) in [6.07, 6.45) is 4.32. The summed E-state index contributed by atoms with van der Waals surface area (Å²) in [7, 11) is 0. The van der Waals surface area contributed by atoms with Gasteiger partial charge in [0, 0.05) is 18.8 Å². The topological polar surface area (TPSA) is 51.5 Å². The Morgan fingerprint density at radius 2 is 2.33 bits per heavy atom. The average molecular weight is 246 g/mol. The highest BCUT2D eigenvalue weighted by atomic mass is 16.5. The zero-order valence-corrected chi connectivity index (χ0v) is 10.8. The predicted molar refractivity (Wildman–Crippen MR) is 69.8 cm³/mol. The molecule has 1 aliphatic heterocycles. The fraction of sp³-hybridized carbons (Fsp3) is 0.538. The Morgan fingerprint density at radius 3 is 3.17 bits per heavy atom. The second-order valence-electron chi connectivity index (χ2n) is 4.99. The minimum atomic E-state index is 0.315. The first-order valence-electron chi connectivity index (χ1n) is 6.42. The molecule has 3 rings (SSSR count). The van der Waals surface area contributed by atoms with Gasteiger partial charge in [0.15, 0.2) is 5.65 Å². The number of aromatic nitrogens is 3. The molecule has 5 heteroatoms. The van der Waals surface area contributed by atoms with E-state index in [1.165, 1.54) is 5.56 Å². The van der Waals surface area contributed by atoms with Gasteiger partial charge in [0.1, 0.15) is 0 Å². The highest BCUT2D eigenvalue weighted by Gasteiger charge is 2.20. The van der Waals surface area contributed by atoms with Crippen LogP contribution in [0.1, 0.15) is 25.3 Å². The largest absolute Gasteiger partial charge is 0.378 e. The van der Waals surface area contributed by atoms with Gasteiger partial charge in [0.2, 0.25) is 5.95 Å². The molecule has 0 radical (unpaired) electrons. The maximum absolute atomic E-state index is 5.53. The highest BCUT2D eigenvalue weighted by Crippen LogP contribution is 2.17. The zero-order valence-electron chi connectivity index (χ0n) is 10.8. The average Bonchev–Trinajstić information content (AvgIpc) is 2.70. The van der Waals surface area contributed by atoms with Gasteiger partial charge in [0.05, 0.1) is 6.10 Å². The predicted octanol–water partition coefficient (Wildman–Crippen LogP) is 2.02. The number of hydrogen-bond donors (Lipinski definition) is 1. The van der Waals surface area contributed by atoms with Crippen LogP contribution in [0.5, 0.6) is 0 Å². The number of anilines is 1. The normalized spacial score (nSPS) is 24.3. The van der Waals surface area contributed by atoms with Crippen molar-refractivity contribution in [1.82, 2.24) is 14.6 Å². The minimum Gasteiger partial charge on any atom is -0.378 e. The number of pyridine rings is 1. The molecule has 3 heterocycles. The maximum atomic E-state index is 5.53. The summed E-state index contributed by atoms with van der Waals surface area (Å²) in [6, 6.07) is 4.44. The van der Waals surface area contributed by atoms with Crippen LogP contribution in [0.25, 0.3) is 5.65 Å². The molecule has 0 saturated carbocycles. The van der Waals surface area contributed by atoms with Gasteiger partial charge in [0.25, 0.3) is 0 Å². The van der Waals surface area contributed by atoms with E-state index in [1.807, 2.05) is 29.8 Å². The number of rotatable bonds is 2. The first kappa shape index (κ1) is 11.5. The van der Waals surface area contributed by atoms with Gasteiger partial charge < -0.3 is 10.1 Å². The molecule has 0 spiro atoms. The Labute approximate surface area is 106 Å². The summed E-state index contributed by atoms with van der Waals surface area (Å²) < 4.78 is 7.35. The summed E-state index contributed by atoms with van der Waals surface area (Å²) >= 11 is 0. The summed E-state index contributed by atoms with van der Waals surface area (Å²) in [5, 5.41) is 7.84. The number of aryl methyl sites for hydroxylation is 1. The van der Waals surface area contributed by atoms with Gasteiger partial charge in [-0.2, -0.15) is 4.98 Å². The van der Waals surface area contributed by atoms with E-state index in [2.05, 4.69) is 22.3 Å². The number of ether oxygens (including phenoxy) is 1. The highest BCUT2D eigenvalue weighted by molar-refractivity contribution is 5.44. The van der Waals surface area contributed by atoms with Gasteiger partial charge in [-0.15, -0.1) is 5.10 Å². The van der Waals surface area contributed by atoms with Crippen molar-refractivity contribution in [3.05, 3.63) is 23.9 Å². The number of nitrogens with one attached hydrogen (secondary N) is 1. The van der Waals surface area contributed by atoms with Crippen LogP contribution in [0.15, 0.2) is 18.3 Å². The summed E-state index contributed by atoms with van der Waals surface area (Å²) in [5.74, 6) is 0.708. The molecule has 2 aromatic rings. The fourth-order valence-corrected chi connectivity index (χ4v) is 2.36. The van der Waals surface area contributed by atoms with E-state index in [0.29, 0.717) is 18.1 Å². The van der Waals surface area contributed by atoms with Gasteiger partial charge in [-0.3, -0.25) is 0 Å². The lowest BCUT2D eigenvalue weighted by Gasteiger charge is -2.27. The lowest BCUT2D eigenvalue weighted by atomic mass is 10.0. The fourth-order valence-electron chi connectivity index (χ4n) is 2.36. The van der Waals surface area contributed by atoms with Gasteiger partial charge >= 0.3 is 0 Å². The van der Waals surface area contributed by atoms with Crippen LogP contribution >= 0.6 is 0 Å². The molecule has 1 aliphatic rings. The first-order valence-corrected chi connectivity index (χ1v) is 6.42. The number of hydrogen-bond acceptors (Lipinski definition) is 4. The monoisotopic (exact) mass is 246 g/mol. The zero-order chi connectivity index (χ0) is 12.5. The number of nitrogens with zero attached hydrogens (tertiary/aromatic N) is 3. The molecule has 5 nitrogen and oxygen atoms in total. The molecule has 0 bridgehead atoms. The van der Waals surface area contributed by atoms with E-state index in [1.54, 1.807) is 0 Å². The molecule has 96 valence electrons. The molecule has 2 unspecified atom stereocenters. The smallest absolute Gasteiger partial charge is 0.243 e. The Bertz CT molecular complexity index is 551. The SMILES string of the molecule is Cc1ccc2nc(NC3CCOC(C)C3)nn2c1. The lowest BCUT2D eigenvalue weighted by molar-refractivity contribution is 0.0231. The van der Waals surface area contributed by atoms with E-state index < -0.39 is 0 Å². The van der Waals surface area contributed by atoms with Crippen LogP contribution in [0.3, 0.4) is 0 Å². The van der Waals surface area contributed by atoms with Crippen LogP contribution in [0, 0.1) is 6.92 Å². The molecule has 1 fully saturated rings. The molecular formula is C13H18N4O. The third-order valence-electron chi connectivity index (χ3n) is 3.30. The molecule has 0 aromatic carbocycles. The Morgan fingerprint density at radius 1 is 1.44 bits per heavy atom. The Kier molecular flexibility index (Phi) is 2.91. The Hall–Kier alpha value is -1.62. The van der Waals surface area contributed by atoms with Gasteiger partial charge in [-0.05, 0) is 38.3 Å². The van der Waals surface area contributed by atoms with E-state index >= 15 is 0 Å². The van der Waals surface area contributed by atoms with Crippen LogP contribution in [-0.2, 0) is 4.74 Å². The van der Waals surface area contributed by atoms with Crippen LogP contribution in [0.2, 0.25) is 0 Å². The van der Waals surface area contributed by atoms with Crippen LogP contribution < -0.4 is 5.32 Å². The molecule has 2 aromatic heterocycles. The second kappa shape index (κ2) is 4.57. The van der Waals surface area contributed by atoms with Crippen LogP contribution in [-0.4, -0.2) is 33.4 Å². The van der Waals surface area contributed by atoms with E-state index in [4.69, 9.17) is 4.74 Å². The molecule has 0 amide bonds. The molecule has 18 heavy (non-hydrogen) atoms. The van der Waals surface area contributed by atoms with Crippen molar-refractivity contribution < 1.29 is 4.74 Å². The van der Waals surface area contributed by atoms with Crippen molar-refractivity contribution in [2.24, 2.45) is 0 Å². The summed E-state index contributed by atoms with van der Waals surface area (Å²) in [5.41, 5.74) is 2.06. The Balaban J connectivity index is 1.78. The van der Waals surface area contributed by atoms with Crippen molar-refractivity contribution in [2.45, 2.75) is 38.8 Å².